The van der Waals surface area contributed by atoms with Crippen molar-refractivity contribution >= 4 is 22.6 Å². The van der Waals surface area contributed by atoms with Crippen molar-refractivity contribution in [2.45, 2.75) is 39.5 Å². The molecule has 2 aliphatic rings. The van der Waals surface area contributed by atoms with Crippen LogP contribution < -0.4 is 4.74 Å². The van der Waals surface area contributed by atoms with Crippen molar-refractivity contribution in [1.82, 2.24) is 4.57 Å². The maximum Gasteiger partial charge on any atom is 0.130 e. The van der Waals surface area contributed by atoms with Crippen LogP contribution in [0.4, 0.5) is 0 Å². The van der Waals surface area contributed by atoms with Crippen LogP contribution in [0.5, 0.6) is 5.75 Å². The van der Waals surface area contributed by atoms with Crippen LogP contribution in [-0.4, -0.2) is 4.57 Å². The summed E-state index contributed by atoms with van der Waals surface area (Å²) in [6.45, 7) is 4.28. The van der Waals surface area contributed by atoms with E-state index in [9.17, 15) is 0 Å². The summed E-state index contributed by atoms with van der Waals surface area (Å²) in [5.41, 5.74) is 12.7. The van der Waals surface area contributed by atoms with Crippen LogP contribution in [0.1, 0.15) is 48.6 Å². The first-order valence-electron chi connectivity index (χ1n) is 14.3. The summed E-state index contributed by atoms with van der Waals surface area (Å²) in [6, 6.07) is 35.1. The summed E-state index contributed by atoms with van der Waals surface area (Å²) in [5, 5.41) is 1.30. The fourth-order valence-corrected chi connectivity index (χ4v) is 6.14. The average molecular weight is 520 g/mol. The third-order valence-electron chi connectivity index (χ3n) is 8.31. The van der Waals surface area contributed by atoms with Crippen LogP contribution in [0.15, 0.2) is 121 Å². The molecular formula is C38H33NO. The van der Waals surface area contributed by atoms with Crippen molar-refractivity contribution in [3.8, 4) is 22.6 Å². The van der Waals surface area contributed by atoms with Gasteiger partial charge in [-0.15, -0.1) is 0 Å². The third kappa shape index (κ3) is 4.40. The number of aromatic nitrogens is 1. The highest BCUT2D eigenvalue weighted by atomic mass is 16.5. The Hall–Kier alpha value is -4.56. The summed E-state index contributed by atoms with van der Waals surface area (Å²) in [4.78, 5) is 0. The van der Waals surface area contributed by atoms with Gasteiger partial charge >= 0.3 is 0 Å². The number of benzene rings is 4. The molecule has 0 saturated heterocycles. The number of hydrogen-bond acceptors (Lipinski definition) is 1. The molecule has 0 atom stereocenters. The Bertz CT molecular complexity index is 1830. The Morgan fingerprint density at radius 3 is 2.40 bits per heavy atom. The third-order valence-corrected chi connectivity index (χ3v) is 8.31. The highest BCUT2D eigenvalue weighted by molar-refractivity contribution is 5.99. The predicted molar refractivity (Wildman–Crippen MR) is 168 cm³/mol. The Kier molecular flexibility index (Phi) is 6.24. The zero-order chi connectivity index (χ0) is 27.1. The zero-order valence-corrected chi connectivity index (χ0v) is 23.2. The van der Waals surface area contributed by atoms with Crippen molar-refractivity contribution in [3.05, 3.63) is 143 Å². The highest BCUT2D eigenvalue weighted by Crippen LogP contribution is 2.40. The van der Waals surface area contributed by atoms with Crippen molar-refractivity contribution in [2.24, 2.45) is 0 Å². The number of rotatable bonds is 5. The number of nitrogens with zero attached hydrogens (tertiary/aromatic N) is 1. The second-order valence-corrected chi connectivity index (χ2v) is 10.9. The number of hydrogen-bond donors (Lipinski definition) is 0. The van der Waals surface area contributed by atoms with Gasteiger partial charge in [-0.3, -0.25) is 0 Å². The van der Waals surface area contributed by atoms with Crippen LogP contribution in [0.2, 0.25) is 0 Å². The molecule has 4 aromatic carbocycles. The molecule has 0 fully saturated rings. The second kappa shape index (κ2) is 10.2. The maximum absolute atomic E-state index is 6.48. The molecule has 0 N–H and O–H groups in total. The lowest BCUT2D eigenvalue weighted by atomic mass is 9.90. The fraction of sp³-hybridized carbons (Fsp3) is 0.158. The van der Waals surface area contributed by atoms with Gasteiger partial charge in [0.1, 0.15) is 11.5 Å². The summed E-state index contributed by atoms with van der Waals surface area (Å²) in [5.74, 6) is 2.05. The van der Waals surface area contributed by atoms with Crippen molar-refractivity contribution < 1.29 is 4.74 Å². The van der Waals surface area contributed by atoms with E-state index in [1.54, 1.807) is 0 Å². The van der Waals surface area contributed by atoms with Crippen LogP contribution in [-0.2, 0) is 6.42 Å². The molecule has 196 valence electrons. The highest BCUT2D eigenvalue weighted by Gasteiger charge is 2.22. The van der Waals surface area contributed by atoms with E-state index in [4.69, 9.17) is 4.74 Å². The lowest BCUT2D eigenvalue weighted by molar-refractivity contribution is 0.394. The van der Waals surface area contributed by atoms with Crippen molar-refractivity contribution in [2.75, 3.05) is 0 Å². The van der Waals surface area contributed by atoms with Gasteiger partial charge in [0.2, 0.25) is 0 Å². The molecule has 1 aromatic heterocycles. The van der Waals surface area contributed by atoms with E-state index >= 15 is 0 Å². The van der Waals surface area contributed by atoms with Gasteiger partial charge < -0.3 is 9.30 Å². The van der Waals surface area contributed by atoms with Gasteiger partial charge in [-0.05, 0) is 96.9 Å². The molecule has 1 heterocycles. The average Bonchev–Trinajstić information content (AvgIpc) is 3.34. The molecule has 0 aliphatic heterocycles. The molecule has 7 rings (SSSR count). The lowest BCUT2D eigenvalue weighted by Crippen LogP contribution is -2.06. The number of allylic oxidation sites excluding steroid dienone is 5. The molecule has 2 aliphatic carbocycles. The first kappa shape index (κ1) is 24.5. The maximum atomic E-state index is 6.48. The number of ether oxygens (including phenoxy) is 1. The Labute approximate surface area is 236 Å². The van der Waals surface area contributed by atoms with E-state index in [1.807, 2.05) is 0 Å². The number of para-hydroxylation sites is 1. The smallest absolute Gasteiger partial charge is 0.130 e. The quantitative estimate of drug-likeness (QED) is 0.225. The molecule has 2 heteroatoms. The van der Waals surface area contributed by atoms with Crippen molar-refractivity contribution in [3.63, 3.8) is 0 Å². The SMILES string of the molecule is CC1=C(Oc2cc(C3=Cc4c(n(-c5cccc(-c6ccccc6)c5)c5ccccc45)CC3)ccc2C)CCC=C1. The first-order chi connectivity index (χ1) is 19.7. The first-order valence-corrected chi connectivity index (χ1v) is 14.3. The lowest BCUT2D eigenvalue weighted by Gasteiger charge is -2.20. The summed E-state index contributed by atoms with van der Waals surface area (Å²) < 4.78 is 8.95. The molecule has 0 saturated carbocycles. The monoisotopic (exact) mass is 519 g/mol. The Morgan fingerprint density at radius 2 is 1.52 bits per heavy atom. The van der Waals surface area contributed by atoms with Crippen LogP contribution in [0, 0.1) is 6.92 Å². The van der Waals surface area contributed by atoms with E-state index in [0.29, 0.717) is 0 Å². The second-order valence-electron chi connectivity index (χ2n) is 10.9. The predicted octanol–water partition coefficient (Wildman–Crippen LogP) is 10.1. The van der Waals surface area contributed by atoms with Gasteiger partial charge in [-0.25, -0.2) is 0 Å². The minimum Gasteiger partial charge on any atom is -0.461 e. The van der Waals surface area contributed by atoms with E-state index in [1.165, 1.54) is 61.2 Å². The molecule has 5 aromatic rings. The number of fused-ring (bicyclic) bond motifs is 3. The van der Waals surface area contributed by atoms with Gasteiger partial charge in [0, 0.05) is 28.8 Å². The van der Waals surface area contributed by atoms with Gasteiger partial charge in [0.15, 0.2) is 0 Å². The minimum absolute atomic E-state index is 0.961. The normalized spacial score (nSPS) is 14.8. The topological polar surface area (TPSA) is 14.2 Å². The van der Waals surface area contributed by atoms with Crippen LogP contribution in [0.25, 0.3) is 39.4 Å². The van der Waals surface area contributed by atoms with E-state index in [0.717, 1.165) is 37.2 Å². The van der Waals surface area contributed by atoms with Gasteiger partial charge in [0.05, 0.1) is 5.52 Å². The largest absolute Gasteiger partial charge is 0.461 e. The summed E-state index contributed by atoms with van der Waals surface area (Å²) in [7, 11) is 0. The standard InChI is InChI=1S/C38H33NO/c1-26-11-6-9-18-37(26)40-38-25-31(20-19-27(38)2)30-21-22-36-34(24-30)33-16-7-8-17-35(33)39(36)32-15-10-14-29(23-32)28-12-4-3-5-13-28/h3-8,10-17,19-20,23-25H,9,18,21-22H2,1-2H3. The molecule has 0 spiro atoms. The molecule has 0 radical (unpaired) electrons. The molecule has 2 nitrogen and oxygen atoms in total. The number of aryl methyl sites for hydroxylation is 1. The molecule has 40 heavy (non-hydrogen) atoms. The molecule has 0 unspecified atom stereocenters. The molecule has 0 bridgehead atoms. The van der Waals surface area contributed by atoms with Gasteiger partial charge in [0.25, 0.3) is 0 Å². The Balaban J connectivity index is 1.31. The van der Waals surface area contributed by atoms with Crippen LogP contribution >= 0.6 is 0 Å². The molecular weight excluding hydrogens is 486 g/mol. The van der Waals surface area contributed by atoms with Gasteiger partial charge in [-0.1, -0.05) is 84.9 Å². The fourth-order valence-electron chi connectivity index (χ4n) is 6.14. The van der Waals surface area contributed by atoms with E-state index < -0.39 is 0 Å². The summed E-state index contributed by atoms with van der Waals surface area (Å²) in [6.07, 6.45) is 10.8. The van der Waals surface area contributed by atoms with Crippen molar-refractivity contribution in [1.29, 1.82) is 0 Å². The van der Waals surface area contributed by atoms with E-state index in [-0.39, 0.29) is 0 Å². The van der Waals surface area contributed by atoms with E-state index in [2.05, 4.69) is 134 Å². The zero-order valence-electron chi connectivity index (χ0n) is 23.2. The summed E-state index contributed by atoms with van der Waals surface area (Å²) >= 11 is 0. The van der Waals surface area contributed by atoms with Crippen LogP contribution in [0.3, 0.4) is 0 Å². The minimum atomic E-state index is 0.961. The Morgan fingerprint density at radius 1 is 0.700 bits per heavy atom. The van der Waals surface area contributed by atoms with Gasteiger partial charge in [-0.2, -0.15) is 0 Å². The molecule has 0 amide bonds.